The minimum absolute atomic E-state index is 0.121. The zero-order valence-electron chi connectivity index (χ0n) is 11.9. The highest BCUT2D eigenvalue weighted by atomic mass is 16.5. The van der Waals surface area contributed by atoms with Gasteiger partial charge in [0.15, 0.2) is 0 Å². The molecule has 0 aliphatic heterocycles. The van der Waals surface area contributed by atoms with E-state index in [9.17, 15) is 9.59 Å². The smallest absolute Gasteiger partial charge is 0.305 e. The molecule has 1 aliphatic carbocycles. The summed E-state index contributed by atoms with van der Waals surface area (Å²) in [4.78, 5) is 22.8. The lowest BCUT2D eigenvalue weighted by Crippen LogP contribution is -2.12. The standard InChI is InChI=1S/C14H20N2O4/c1-3-19-13(18)6-4-5-11(17)15-12-9-10(16-20-12)14(2)7-8-14/h9H,3-8H2,1-2H3,(H,15,17). The zero-order valence-corrected chi connectivity index (χ0v) is 11.9. The van der Waals surface area contributed by atoms with Crippen LogP contribution >= 0.6 is 0 Å². The fourth-order valence-corrected chi connectivity index (χ4v) is 1.89. The zero-order chi connectivity index (χ0) is 14.6. The summed E-state index contributed by atoms with van der Waals surface area (Å²) >= 11 is 0. The first kappa shape index (κ1) is 14.6. The van der Waals surface area contributed by atoms with E-state index in [1.165, 1.54) is 0 Å². The Bertz CT molecular complexity index is 491. The largest absolute Gasteiger partial charge is 0.466 e. The second-order valence-corrected chi connectivity index (χ2v) is 5.34. The Morgan fingerprint density at radius 2 is 2.20 bits per heavy atom. The average molecular weight is 280 g/mol. The van der Waals surface area contributed by atoms with Crippen LogP contribution in [0.1, 0.15) is 51.6 Å². The van der Waals surface area contributed by atoms with Crippen molar-refractivity contribution in [3.8, 4) is 0 Å². The maximum absolute atomic E-state index is 11.7. The molecule has 1 amide bonds. The molecule has 0 atom stereocenters. The summed E-state index contributed by atoms with van der Waals surface area (Å²) in [5, 5.41) is 6.62. The molecule has 0 aromatic carbocycles. The van der Waals surface area contributed by atoms with Crippen LogP contribution in [-0.4, -0.2) is 23.6 Å². The van der Waals surface area contributed by atoms with E-state index in [0.717, 1.165) is 18.5 Å². The van der Waals surface area contributed by atoms with Crippen molar-refractivity contribution in [3.63, 3.8) is 0 Å². The van der Waals surface area contributed by atoms with Crippen molar-refractivity contribution >= 4 is 17.8 Å². The maximum atomic E-state index is 11.7. The molecule has 1 aromatic heterocycles. The molecule has 1 fully saturated rings. The van der Waals surface area contributed by atoms with Crippen LogP contribution in [0.4, 0.5) is 5.88 Å². The van der Waals surface area contributed by atoms with E-state index in [0.29, 0.717) is 18.9 Å². The quantitative estimate of drug-likeness (QED) is 0.775. The number of aromatic nitrogens is 1. The molecular formula is C14H20N2O4. The molecule has 0 spiro atoms. The third-order valence-electron chi connectivity index (χ3n) is 3.48. The van der Waals surface area contributed by atoms with Gasteiger partial charge in [0.1, 0.15) is 0 Å². The summed E-state index contributed by atoms with van der Waals surface area (Å²) in [7, 11) is 0. The van der Waals surface area contributed by atoms with Gasteiger partial charge in [-0.25, -0.2) is 0 Å². The summed E-state index contributed by atoms with van der Waals surface area (Å²) in [6, 6.07) is 1.77. The van der Waals surface area contributed by atoms with E-state index in [4.69, 9.17) is 9.26 Å². The highest BCUT2D eigenvalue weighted by molar-refractivity contribution is 5.89. The minimum Gasteiger partial charge on any atom is -0.466 e. The highest BCUT2D eigenvalue weighted by Crippen LogP contribution is 2.47. The molecule has 1 N–H and O–H groups in total. The van der Waals surface area contributed by atoms with Crippen molar-refractivity contribution in [2.24, 2.45) is 0 Å². The Hall–Kier alpha value is -1.85. The summed E-state index contributed by atoms with van der Waals surface area (Å²) in [6.45, 7) is 4.24. The first-order valence-electron chi connectivity index (χ1n) is 6.96. The van der Waals surface area contributed by atoms with E-state index in [1.807, 2.05) is 0 Å². The summed E-state index contributed by atoms with van der Waals surface area (Å²) < 4.78 is 9.88. The summed E-state index contributed by atoms with van der Waals surface area (Å²) in [6.07, 6.45) is 3.18. The number of ether oxygens (including phenoxy) is 1. The number of carbonyl (C=O) groups is 2. The Labute approximate surface area is 117 Å². The summed E-state index contributed by atoms with van der Waals surface area (Å²) in [5.41, 5.74) is 1.01. The molecule has 1 aromatic rings. The number of hydrogen-bond donors (Lipinski definition) is 1. The second kappa shape index (κ2) is 6.07. The van der Waals surface area contributed by atoms with Gasteiger partial charge in [-0.05, 0) is 26.2 Å². The third kappa shape index (κ3) is 3.82. The molecule has 110 valence electrons. The van der Waals surface area contributed by atoms with Crippen LogP contribution in [0.15, 0.2) is 10.6 Å². The molecule has 1 aliphatic rings. The van der Waals surface area contributed by atoms with Crippen LogP contribution in [-0.2, 0) is 19.7 Å². The number of nitrogens with one attached hydrogen (secondary N) is 1. The predicted octanol–water partition coefficient (Wildman–Crippen LogP) is 2.40. The van der Waals surface area contributed by atoms with Crippen molar-refractivity contribution < 1.29 is 18.8 Å². The number of amides is 1. The van der Waals surface area contributed by atoms with Gasteiger partial charge in [-0.15, -0.1) is 0 Å². The molecule has 1 saturated carbocycles. The van der Waals surface area contributed by atoms with Gasteiger partial charge < -0.3 is 9.26 Å². The maximum Gasteiger partial charge on any atom is 0.305 e. The van der Waals surface area contributed by atoms with Crippen LogP contribution in [0.3, 0.4) is 0 Å². The van der Waals surface area contributed by atoms with Gasteiger partial charge in [-0.2, -0.15) is 0 Å². The lowest BCUT2D eigenvalue weighted by Gasteiger charge is -2.02. The van der Waals surface area contributed by atoms with Crippen LogP contribution in [0.5, 0.6) is 0 Å². The van der Waals surface area contributed by atoms with Crippen molar-refractivity contribution in [1.29, 1.82) is 0 Å². The number of rotatable bonds is 7. The van der Waals surface area contributed by atoms with Gasteiger partial charge in [0.2, 0.25) is 11.8 Å². The topological polar surface area (TPSA) is 81.4 Å². The Balaban J connectivity index is 1.71. The SMILES string of the molecule is CCOC(=O)CCCC(=O)Nc1cc(C2(C)CC2)no1. The van der Waals surface area contributed by atoms with Gasteiger partial charge in [0.05, 0.1) is 12.3 Å². The minimum atomic E-state index is -0.274. The Morgan fingerprint density at radius 3 is 2.85 bits per heavy atom. The third-order valence-corrected chi connectivity index (χ3v) is 3.48. The number of carbonyl (C=O) groups excluding carboxylic acids is 2. The van der Waals surface area contributed by atoms with Crippen molar-refractivity contribution in [1.82, 2.24) is 5.16 Å². The lowest BCUT2D eigenvalue weighted by molar-refractivity contribution is -0.143. The van der Waals surface area contributed by atoms with Gasteiger partial charge in [0, 0.05) is 24.3 Å². The van der Waals surface area contributed by atoms with Crippen LogP contribution in [0.25, 0.3) is 0 Å². The van der Waals surface area contributed by atoms with Crippen LogP contribution in [0.2, 0.25) is 0 Å². The van der Waals surface area contributed by atoms with Gasteiger partial charge >= 0.3 is 5.97 Å². The molecule has 0 radical (unpaired) electrons. The number of esters is 1. The molecule has 0 bridgehead atoms. The van der Waals surface area contributed by atoms with Gasteiger partial charge in [-0.1, -0.05) is 12.1 Å². The average Bonchev–Trinajstić information content (AvgIpc) is 2.96. The normalized spacial score (nSPS) is 15.7. The van der Waals surface area contributed by atoms with Gasteiger partial charge in [0.25, 0.3) is 0 Å². The van der Waals surface area contributed by atoms with E-state index < -0.39 is 0 Å². The van der Waals surface area contributed by atoms with Crippen LogP contribution in [0, 0.1) is 0 Å². The summed E-state index contributed by atoms with van der Waals surface area (Å²) in [5.74, 6) is -0.0869. The second-order valence-electron chi connectivity index (χ2n) is 5.34. The molecule has 6 heteroatoms. The van der Waals surface area contributed by atoms with Crippen molar-refractivity contribution in [2.45, 2.75) is 51.4 Å². The first-order valence-corrected chi connectivity index (χ1v) is 6.96. The molecule has 0 unspecified atom stereocenters. The van der Waals surface area contributed by atoms with E-state index in [1.54, 1.807) is 13.0 Å². The molecule has 20 heavy (non-hydrogen) atoms. The Morgan fingerprint density at radius 1 is 1.45 bits per heavy atom. The molecule has 1 heterocycles. The predicted molar refractivity (Wildman–Crippen MR) is 72.2 cm³/mol. The fraction of sp³-hybridized carbons (Fsp3) is 0.643. The molecule has 0 saturated heterocycles. The van der Waals surface area contributed by atoms with E-state index in [2.05, 4.69) is 17.4 Å². The van der Waals surface area contributed by atoms with E-state index in [-0.39, 0.29) is 30.1 Å². The first-order chi connectivity index (χ1) is 9.53. The number of hydrogen-bond acceptors (Lipinski definition) is 5. The lowest BCUT2D eigenvalue weighted by atomic mass is 10.1. The molecule has 6 nitrogen and oxygen atoms in total. The van der Waals surface area contributed by atoms with Crippen LogP contribution < -0.4 is 5.32 Å². The molecule has 2 rings (SSSR count). The van der Waals surface area contributed by atoms with Crippen molar-refractivity contribution in [2.75, 3.05) is 11.9 Å². The van der Waals surface area contributed by atoms with Gasteiger partial charge in [-0.3, -0.25) is 14.9 Å². The van der Waals surface area contributed by atoms with Crippen molar-refractivity contribution in [3.05, 3.63) is 11.8 Å². The fourth-order valence-electron chi connectivity index (χ4n) is 1.89. The van der Waals surface area contributed by atoms with E-state index >= 15 is 0 Å². The number of anilines is 1. The molecular weight excluding hydrogens is 260 g/mol. The number of nitrogens with zero attached hydrogens (tertiary/aromatic N) is 1. The monoisotopic (exact) mass is 280 g/mol. The highest BCUT2D eigenvalue weighted by Gasteiger charge is 2.42. The Kier molecular flexibility index (Phi) is 4.42.